The predicted molar refractivity (Wildman–Crippen MR) is 174 cm³/mol. The number of carbonyl (C=O) groups excluding carboxylic acids is 1. The van der Waals surface area contributed by atoms with Gasteiger partial charge in [0.1, 0.15) is 17.6 Å². The number of carbonyl (C=O) groups is 1. The summed E-state index contributed by atoms with van der Waals surface area (Å²) >= 11 is 0. The molecule has 260 valence electrons. The highest BCUT2D eigenvalue weighted by atomic mass is 16.6. The molecule has 1 N–H and O–H groups in total. The third-order valence-electron chi connectivity index (χ3n) is 9.75. The van der Waals surface area contributed by atoms with Crippen molar-refractivity contribution in [1.82, 2.24) is 0 Å². The van der Waals surface area contributed by atoms with Gasteiger partial charge in [-0.1, -0.05) is 24.3 Å². The highest BCUT2D eigenvalue weighted by Gasteiger charge is 2.58. The van der Waals surface area contributed by atoms with E-state index in [2.05, 4.69) is 13.8 Å². The maximum absolute atomic E-state index is 11.9. The van der Waals surface area contributed by atoms with Gasteiger partial charge in [0.25, 0.3) is 0 Å². The van der Waals surface area contributed by atoms with Gasteiger partial charge in [-0.15, -0.1) is 0 Å². The number of hydrogen-bond donors (Lipinski definition) is 1. The number of hydrogen-bond acceptors (Lipinski definition) is 10. The van der Waals surface area contributed by atoms with Gasteiger partial charge < -0.3 is 43.0 Å². The summed E-state index contributed by atoms with van der Waals surface area (Å²) in [7, 11) is 3.31. The highest BCUT2D eigenvalue weighted by molar-refractivity contribution is 5.69. The van der Waals surface area contributed by atoms with Crippen LogP contribution in [0.25, 0.3) is 0 Å². The summed E-state index contributed by atoms with van der Waals surface area (Å²) in [6, 6.07) is 15.7. The minimum absolute atomic E-state index is 0.199. The van der Waals surface area contributed by atoms with Gasteiger partial charge in [-0.05, 0) is 81.8 Å². The lowest BCUT2D eigenvalue weighted by atomic mass is 9.74. The minimum atomic E-state index is -0.675. The number of fused-ring (bicyclic) bond motifs is 2. The first-order valence-corrected chi connectivity index (χ1v) is 16.9. The topological polar surface area (TPSA) is 111 Å². The lowest BCUT2D eigenvalue weighted by Gasteiger charge is -2.56. The van der Waals surface area contributed by atoms with Crippen LogP contribution in [0.5, 0.6) is 11.5 Å². The van der Waals surface area contributed by atoms with E-state index in [9.17, 15) is 9.90 Å². The van der Waals surface area contributed by atoms with Gasteiger partial charge in [0.15, 0.2) is 0 Å². The third kappa shape index (κ3) is 9.04. The van der Waals surface area contributed by atoms with E-state index in [1.165, 1.54) is 0 Å². The highest BCUT2D eigenvalue weighted by Crippen LogP contribution is 2.49. The number of benzene rings is 2. The largest absolute Gasteiger partial charge is 0.497 e. The molecule has 5 rings (SSSR count). The van der Waals surface area contributed by atoms with E-state index in [0.29, 0.717) is 58.5 Å². The lowest BCUT2D eigenvalue weighted by Crippen LogP contribution is -2.66. The van der Waals surface area contributed by atoms with Crippen LogP contribution in [0.4, 0.5) is 0 Å². The Morgan fingerprint density at radius 1 is 0.872 bits per heavy atom. The number of ether oxygens (including phenoxy) is 8. The van der Waals surface area contributed by atoms with Crippen molar-refractivity contribution < 1.29 is 47.8 Å². The van der Waals surface area contributed by atoms with Crippen molar-refractivity contribution in [3.63, 3.8) is 0 Å². The van der Waals surface area contributed by atoms with Crippen molar-refractivity contribution in [2.24, 2.45) is 0 Å². The summed E-state index contributed by atoms with van der Waals surface area (Å²) in [5, 5.41) is 11.0. The fraction of sp³-hybridized carbons (Fsp3) is 0.649. The van der Waals surface area contributed by atoms with Gasteiger partial charge >= 0.3 is 5.97 Å². The summed E-state index contributed by atoms with van der Waals surface area (Å²) < 4.78 is 48.9. The maximum Gasteiger partial charge on any atom is 0.305 e. The van der Waals surface area contributed by atoms with Crippen LogP contribution in [-0.4, -0.2) is 86.3 Å². The monoisotopic (exact) mass is 656 g/mol. The Morgan fingerprint density at radius 3 is 2.13 bits per heavy atom. The Kier molecular flexibility index (Phi) is 12.2. The number of rotatable bonds is 14. The fourth-order valence-electron chi connectivity index (χ4n) is 7.25. The Labute approximate surface area is 278 Å². The van der Waals surface area contributed by atoms with Crippen LogP contribution in [0.15, 0.2) is 48.5 Å². The second kappa shape index (κ2) is 16.1. The van der Waals surface area contributed by atoms with E-state index in [0.717, 1.165) is 35.5 Å². The van der Waals surface area contributed by atoms with Crippen molar-refractivity contribution in [2.45, 2.75) is 127 Å². The maximum atomic E-state index is 11.9. The quantitative estimate of drug-likeness (QED) is 0.260. The van der Waals surface area contributed by atoms with E-state index in [1.807, 2.05) is 48.5 Å². The predicted octanol–water partition coefficient (Wildman–Crippen LogP) is 5.54. The molecule has 3 heterocycles. The normalized spacial score (nSPS) is 32.0. The van der Waals surface area contributed by atoms with Gasteiger partial charge in [-0.3, -0.25) is 4.79 Å². The molecular formula is C37H52O10. The van der Waals surface area contributed by atoms with Gasteiger partial charge in [0, 0.05) is 19.3 Å². The molecule has 10 heteroatoms. The molecule has 0 aliphatic carbocycles. The van der Waals surface area contributed by atoms with Crippen LogP contribution >= 0.6 is 0 Å². The molecule has 0 radical (unpaired) electrons. The molecule has 3 aliphatic heterocycles. The molecule has 10 nitrogen and oxygen atoms in total. The zero-order valence-corrected chi connectivity index (χ0v) is 28.5. The average Bonchev–Trinajstić information content (AvgIpc) is 3.18. The first kappa shape index (κ1) is 35.6. The molecule has 0 spiro atoms. The molecule has 8 atom stereocenters. The first-order valence-electron chi connectivity index (χ1n) is 16.9. The fourth-order valence-corrected chi connectivity index (χ4v) is 7.25. The Bertz CT molecular complexity index is 1270. The molecule has 2 aromatic rings. The Hall–Kier alpha value is -2.73. The summed E-state index contributed by atoms with van der Waals surface area (Å²) in [5.41, 5.74) is 0.744. The smallest absolute Gasteiger partial charge is 0.305 e. The van der Waals surface area contributed by atoms with Crippen LogP contribution in [-0.2, 0) is 46.4 Å². The summed E-state index contributed by atoms with van der Waals surface area (Å²) in [6.07, 6.45) is 1.86. The van der Waals surface area contributed by atoms with Crippen molar-refractivity contribution in [2.75, 3.05) is 27.4 Å². The van der Waals surface area contributed by atoms with Crippen molar-refractivity contribution >= 4 is 5.97 Å². The Morgan fingerprint density at radius 2 is 1.49 bits per heavy atom. The van der Waals surface area contributed by atoms with E-state index in [1.54, 1.807) is 21.1 Å². The molecule has 3 aliphatic rings. The van der Waals surface area contributed by atoms with Crippen LogP contribution in [0.3, 0.4) is 0 Å². The zero-order chi connectivity index (χ0) is 33.4. The van der Waals surface area contributed by atoms with Crippen molar-refractivity contribution in [1.29, 1.82) is 0 Å². The van der Waals surface area contributed by atoms with E-state index in [-0.39, 0.29) is 30.4 Å². The second-order valence-electron chi connectivity index (χ2n) is 13.4. The van der Waals surface area contributed by atoms with Gasteiger partial charge in [0.05, 0.1) is 82.4 Å². The van der Waals surface area contributed by atoms with Crippen LogP contribution in [0.1, 0.15) is 76.8 Å². The number of aliphatic hydroxyl groups is 1. The van der Waals surface area contributed by atoms with E-state index < -0.39 is 23.4 Å². The van der Waals surface area contributed by atoms with Crippen LogP contribution in [0, 0.1) is 0 Å². The van der Waals surface area contributed by atoms with Crippen molar-refractivity contribution in [3.8, 4) is 11.5 Å². The number of esters is 1. The van der Waals surface area contributed by atoms with Gasteiger partial charge in [-0.2, -0.15) is 0 Å². The Balaban J connectivity index is 1.28. The number of aliphatic hydroxyl groups excluding tert-OH is 1. The molecule has 3 fully saturated rings. The molecule has 47 heavy (non-hydrogen) atoms. The summed E-state index contributed by atoms with van der Waals surface area (Å²) in [6.45, 7) is 7.53. The molecular weight excluding hydrogens is 604 g/mol. The van der Waals surface area contributed by atoms with Crippen LogP contribution < -0.4 is 9.47 Å². The molecule has 0 saturated carbocycles. The molecule has 0 unspecified atom stereocenters. The second-order valence-corrected chi connectivity index (χ2v) is 13.4. The van der Waals surface area contributed by atoms with Gasteiger partial charge in [0.2, 0.25) is 0 Å². The molecule has 0 amide bonds. The molecule has 0 bridgehead atoms. The number of methoxy groups -OCH3 is 2. The molecule has 2 aromatic carbocycles. The average molecular weight is 657 g/mol. The summed E-state index contributed by atoms with van der Waals surface area (Å²) in [5.74, 6) is 1.37. The summed E-state index contributed by atoms with van der Waals surface area (Å²) in [4.78, 5) is 11.9. The SMILES string of the molecule is CCOC(=O)CCC[C@@H]1O[C@@]2(C)C[C@@]3(C)O[C@@H](COCc4ccc(OC)cc4)[C@H](OCc4ccc(OC)cc4)CC[C@@H]3O[C@@H]2C[C@@H]1O. The minimum Gasteiger partial charge on any atom is -0.497 e. The third-order valence-corrected chi connectivity index (χ3v) is 9.75. The van der Waals surface area contributed by atoms with E-state index in [4.69, 9.17) is 37.9 Å². The van der Waals surface area contributed by atoms with Crippen LogP contribution in [0.2, 0.25) is 0 Å². The van der Waals surface area contributed by atoms with Gasteiger partial charge in [-0.25, -0.2) is 0 Å². The first-order chi connectivity index (χ1) is 22.6. The van der Waals surface area contributed by atoms with Crippen molar-refractivity contribution in [3.05, 3.63) is 59.7 Å². The van der Waals surface area contributed by atoms with E-state index >= 15 is 0 Å². The molecule has 3 saturated heterocycles. The lowest BCUT2D eigenvalue weighted by molar-refractivity contribution is -0.319. The zero-order valence-electron chi connectivity index (χ0n) is 28.5. The molecule has 0 aromatic heterocycles. The standard InChI is InChI=1S/C37H52O10/c1-6-43-35(39)9-7-8-30-29(38)20-34-37(3,46-30)24-36(2)33(45-34)19-18-31(44-22-26-12-16-28(41-5)17-13-26)32(47-36)23-42-21-25-10-14-27(40-4)15-11-25/h10-17,29-34,38H,6-9,18-24H2,1-5H3/t29-,30-,31+,32-,33-,34+,36+,37-/m0/s1.